The minimum atomic E-state index is -1.01. The first-order valence-electron chi connectivity index (χ1n) is 6.48. The summed E-state index contributed by atoms with van der Waals surface area (Å²) < 4.78 is 25.5. The molecule has 1 aromatic carbocycles. The van der Waals surface area contributed by atoms with E-state index in [-0.39, 0.29) is 0 Å². The Balaban J connectivity index is 2.22. The van der Waals surface area contributed by atoms with Crippen LogP contribution in [0.1, 0.15) is 38.8 Å². The van der Waals surface area contributed by atoms with Crippen LogP contribution in [0.15, 0.2) is 30.0 Å². The quantitative estimate of drug-likeness (QED) is 0.774. The van der Waals surface area contributed by atoms with Crippen molar-refractivity contribution < 1.29 is 13.7 Å². The summed E-state index contributed by atoms with van der Waals surface area (Å²) in [5.74, 6) is 0. The Labute approximate surface area is 119 Å². The highest BCUT2D eigenvalue weighted by atomic mass is 19.1. The minimum absolute atomic E-state index is 0.487. The van der Waals surface area contributed by atoms with Crippen LogP contribution in [0, 0.1) is 11.3 Å². The van der Waals surface area contributed by atoms with Crippen LogP contribution in [0.2, 0.25) is 0 Å². The van der Waals surface area contributed by atoms with Crippen LogP contribution in [0.5, 0.6) is 0 Å². The van der Waals surface area contributed by atoms with Crippen LogP contribution in [0.25, 0.3) is 6.08 Å². The second-order valence-electron chi connectivity index (χ2n) is 5.85. The molecule has 0 atom stereocenters. The summed E-state index contributed by atoms with van der Waals surface area (Å²) in [5, 5.41) is 8.83. The average Bonchev–Trinajstić information content (AvgIpc) is 2.59. The van der Waals surface area contributed by atoms with Crippen molar-refractivity contribution in [3.05, 3.63) is 41.1 Å². The standard InChI is InChI=1S/C15H17BFNO2/c1-14(2)15(3,4)20-16(19-14)13(17)9-11-6-5-7-12(8-11)10-18/h5-9H,1-4H3. The summed E-state index contributed by atoms with van der Waals surface area (Å²) in [6, 6.07) is 8.75. The molecule has 1 aromatic rings. The van der Waals surface area contributed by atoms with Crippen molar-refractivity contribution in [1.82, 2.24) is 0 Å². The van der Waals surface area contributed by atoms with Crippen molar-refractivity contribution in [2.75, 3.05) is 0 Å². The predicted molar refractivity (Wildman–Crippen MR) is 76.3 cm³/mol. The van der Waals surface area contributed by atoms with Crippen LogP contribution in [-0.2, 0) is 9.31 Å². The number of nitriles is 1. The Morgan fingerprint density at radius 1 is 1.25 bits per heavy atom. The summed E-state index contributed by atoms with van der Waals surface area (Å²) in [6.07, 6.45) is 1.34. The molecule has 0 aliphatic carbocycles. The molecule has 1 saturated heterocycles. The Morgan fingerprint density at radius 2 is 1.85 bits per heavy atom. The smallest absolute Gasteiger partial charge is 0.398 e. The van der Waals surface area contributed by atoms with Gasteiger partial charge in [0.1, 0.15) is 5.73 Å². The zero-order valence-corrected chi connectivity index (χ0v) is 12.1. The molecule has 0 saturated carbocycles. The lowest BCUT2D eigenvalue weighted by Gasteiger charge is -2.32. The van der Waals surface area contributed by atoms with Crippen molar-refractivity contribution in [3.63, 3.8) is 0 Å². The van der Waals surface area contributed by atoms with Crippen LogP contribution in [-0.4, -0.2) is 18.3 Å². The lowest BCUT2D eigenvalue weighted by Crippen LogP contribution is -2.41. The average molecular weight is 273 g/mol. The first kappa shape index (κ1) is 14.8. The highest BCUT2D eigenvalue weighted by molar-refractivity contribution is 6.54. The molecule has 0 radical (unpaired) electrons. The fourth-order valence-corrected chi connectivity index (χ4v) is 1.88. The molecule has 104 valence electrons. The maximum absolute atomic E-state index is 14.2. The first-order valence-corrected chi connectivity index (χ1v) is 6.48. The molecule has 0 aromatic heterocycles. The molecular formula is C15H17BFNO2. The molecule has 1 fully saturated rings. The van der Waals surface area contributed by atoms with Gasteiger partial charge in [0, 0.05) is 0 Å². The van der Waals surface area contributed by atoms with Gasteiger partial charge in [-0.25, -0.2) is 4.39 Å². The second kappa shape index (κ2) is 5.04. The third-order valence-electron chi connectivity index (χ3n) is 3.80. The summed E-state index contributed by atoms with van der Waals surface area (Å²) in [5.41, 5.74) is -0.551. The lowest BCUT2D eigenvalue weighted by molar-refractivity contribution is 0.00578. The van der Waals surface area contributed by atoms with E-state index in [1.54, 1.807) is 24.3 Å². The van der Waals surface area contributed by atoms with Crippen LogP contribution >= 0.6 is 0 Å². The molecule has 2 rings (SSSR count). The van der Waals surface area contributed by atoms with E-state index >= 15 is 0 Å². The summed E-state index contributed by atoms with van der Waals surface area (Å²) in [4.78, 5) is 0. The van der Waals surface area contributed by atoms with Crippen LogP contribution in [0.3, 0.4) is 0 Å². The van der Waals surface area contributed by atoms with Gasteiger partial charge in [0.05, 0.1) is 22.8 Å². The van der Waals surface area contributed by atoms with Gasteiger partial charge in [-0.05, 0) is 51.5 Å². The van der Waals surface area contributed by atoms with E-state index in [1.807, 2.05) is 33.8 Å². The van der Waals surface area contributed by atoms with Crippen LogP contribution < -0.4 is 0 Å². The molecule has 1 aliphatic rings. The molecular weight excluding hydrogens is 256 g/mol. The fraction of sp³-hybridized carbons (Fsp3) is 0.400. The summed E-state index contributed by atoms with van der Waals surface area (Å²) >= 11 is 0. The Kier molecular flexibility index (Phi) is 3.72. The zero-order valence-electron chi connectivity index (χ0n) is 12.1. The van der Waals surface area contributed by atoms with E-state index in [1.165, 1.54) is 6.08 Å². The van der Waals surface area contributed by atoms with Crippen molar-refractivity contribution in [2.24, 2.45) is 0 Å². The van der Waals surface area contributed by atoms with Gasteiger partial charge >= 0.3 is 7.12 Å². The van der Waals surface area contributed by atoms with Gasteiger partial charge < -0.3 is 9.31 Å². The number of hydrogen-bond acceptors (Lipinski definition) is 3. The largest absolute Gasteiger partial charge is 0.525 e. The predicted octanol–water partition coefficient (Wildman–Crippen LogP) is 3.50. The maximum Gasteiger partial charge on any atom is 0.525 e. The summed E-state index contributed by atoms with van der Waals surface area (Å²) in [6.45, 7) is 7.49. The van der Waals surface area contributed by atoms with Crippen molar-refractivity contribution >= 4 is 13.2 Å². The third kappa shape index (κ3) is 2.77. The molecule has 0 N–H and O–H groups in total. The van der Waals surface area contributed by atoms with Gasteiger partial charge in [0.2, 0.25) is 0 Å². The molecule has 20 heavy (non-hydrogen) atoms. The Hall–Kier alpha value is -1.64. The number of benzene rings is 1. The number of halogens is 1. The molecule has 0 bridgehead atoms. The van der Waals surface area contributed by atoms with Crippen molar-refractivity contribution in [1.29, 1.82) is 5.26 Å². The van der Waals surface area contributed by atoms with Gasteiger partial charge in [-0.3, -0.25) is 0 Å². The Morgan fingerprint density at radius 3 is 2.40 bits per heavy atom. The number of rotatable bonds is 2. The topological polar surface area (TPSA) is 42.2 Å². The first-order chi connectivity index (χ1) is 9.25. The van der Waals surface area contributed by atoms with E-state index in [0.717, 1.165) is 0 Å². The van der Waals surface area contributed by atoms with Gasteiger partial charge in [0.25, 0.3) is 0 Å². The lowest BCUT2D eigenvalue weighted by atomic mass is 9.86. The number of nitrogens with zero attached hydrogens (tertiary/aromatic N) is 1. The molecule has 0 spiro atoms. The molecule has 3 nitrogen and oxygen atoms in total. The molecule has 1 aliphatic heterocycles. The summed E-state index contributed by atoms with van der Waals surface area (Å²) in [7, 11) is -1.01. The minimum Gasteiger partial charge on any atom is -0.398 e. The van der Waals surface area contributed by atoms with Gasteiger partial charge in [0.15, 0.2) is 0 Å². The molecule has 0 unspecified atom stereocenters. The second-order valence-corrected chi connectivity index (χ2v) is 5.85. The van der Waals surface area contributed by atoms with Gasteiger partial charge in [-0.2, -0.15) is 5.26 Å². The Bertz CT molecular complexity index is 574. The van der Waals surface area contributed by atoms with Gasteiger partial charge in [-0.15, -0.1) is 0 Å². The van der Waals surface area contributed by atoms with E-state index in [0.29, 0.717) is 11.1 Å². The fourth-order valence-electron chi connectivity index (χ4n) is 1.88. The molecule has 1 heterocycles. The van der Waals surface area contributed by atoms with Gasteiger partial charge in [-0.1, -0.05) is 12.1 Å². The molecule has 0 amide bonds. The van der Waals surface area contributed by atoms with E-state index < -0.39 is 24.0 Å². The van der Waals surface area contributed by atoms with Crippen LogP contribution in [0.4, 0.5) is 4.39 Å². The highest BCUT2D eigenvalue weighted by Gasteiger charge is 2.52. The van der Waals surface area contributed by atoms with Crippen molar-refractivity contribution in [3.8, 4) is 6.07 Å². The maximum atomic E-state index is 14.2. The monoisotopic (exact) mass is 273 g/mol. The highest BCUT2D eigenvalue weighted by Crippen LogP contribution is 2.39. The normalized spacial score (nSPS) is 20.8. The van der Waals surface area contributed by atoms with E-state index in [4.69, 9.17) is 14.6 Å². The van der Waals surface area contributed by atoms with E-state index in [9.17, 15) is 4.39 Å². The number of hydrogen-bond donors (Lipinski definition) is 0. The molecule has 5 heteroatoms. The third-order valence-corrected chi connectivity index (χ3v) is 3.80. The van der Waals surface area contributed by atoms with E-state index in [2.05, 4.69) is 0 Å². The van der Waals surface area contributed by atoms with Crippen molar-refractivity contribution in [2.45, 2.75) is 38.9 Å². The SMILES string of the molecule is CC1(C)OB(C(F)=Cc2cccc(C#N)c2)OC1(C)C. The zero-order chi connectivity index (χ0) is 15.0.